The van der Waals surface area contributed by atoms with E-state index < -0.39 is 19.0 Å². The van der Waals surface area contributed by atoms with Crippen molar-refractivity contribution in [3.63, 3.8) is 0 Å². The predicted octanol–water partition coefficient (Wildman–Crippen LogP) is 1.64. The molecule has 0 radical (unpaired) electrons. The molecule has 0 aliphatic carbocycles. The van der Waals surface area contributed by atoms with E-state index in [4.69, 9.17) is 10.2 Å². The number of carbonyl (C=O) groups is 1. The van der Waals surface area contributed by atoms with Crippen molar-refractivity contribution < 1.29 is 15.0 Å². The minimum Gasteiger partial charge on any atom is -0.492 e. The Hall–Kier alpha value is -3.29. The molecule has 0 saturated carbocycles. The number of hydrogen-bond acceptors (Lipinski definition) is 6. The summed E-state index contributed by atoms with van der Waals surface area (Å²) in [5.41, 5.74) is 0.720. The summed E-state index contributed by atoms with van der Waals surface area (Å²) < 4.78 is 38.7. The van der Waals surface area contributed by atoms with Gasteiger partial charge in [0.1, 0.15) is 29.5 Å². The molecule has 1 aliphatic rings. The summed E-state index contributed by atoms with van der Waals surface area (Å²) in [7, 11) is 1.69. The second-order valence-corrected chi connectivity index (χ2v) is 5.01. The second-order valence-electron chi connectivity index (χ2n) is 5.01. The van der Waals surface area contributed by atoms with Crippen molar-refractivity contribution in [2.24, 2.45) is 0 Å². The van der Waals surface area contributed by atoms with Crippen LogP contribution in [0.1, 0.15) is 15.8 Å². The van der Waals surface area contributed by atoms with Crippen LogP contribution in [0.3, 0.4) is 0 Å². The minimum absolute atomic E-state index is 0.00854. The third-order valence-electron chi connectivity index (χ3n) is 3.47. The highest BCUT2D eigenvalue weighted by molar-refractivity contribution is 6.00. The van der Waals surface area contributed by atoms with E-state index in [-0.39, 0.29) is 17.0 Å². The monoisotopic (exact) mass is 328 g/mol. The summed E-state index contributed by atoms with van der Waals surface area (Å²) in [6, 6.07) is 8.04. The first-order valence-electron chi connectivity index (χ1n) is 9.15. The highest BCUT2D eigenvalue weighted by Crippen LogP contribution is 2.24. The van der Waals surface area contributed by atoms with Crippen molar-refractivity contribution in [2.45, 2.75) is 0 Å². The van der Waals surface area contributed by atoms with E-state index in [0.29, 0.717) is 17.3 Å². The molecule has 4 rings (SSSR count). The molecule has 3 N–H and O–H groups in total. The maximum Gasteiger partial charge on any atom is 0.256 e. The lowest BCUT2D eigenvalue weighted by Gasteiger charge is -2.11. The van der Waals surface area contributed by atoms with Gasteiger partial charge in [0.05, 0.1) is 18.2 Å². The highest BCUT2D eigenvalue weighted by Gasteiger charge is 2.17. The quantitative estimate of drug-likeness (QED) is 0.629. The molecule has 0 unspecified atom stereocenters. The van der Waals surface area contributed by atoms with Crippen molar-refractivity contribution in [3.8, 4) is 5.75 Å². The van der Waals surface area contributed by atoms with E-state index in [9.17, 15) is 4.79 Å². The second kappa shape index (κ2) is 5.73. The van der Waals surface area contributed by atoms with Gasteiger partial charge in [-0.05, 0) is 12.1 Å². The largest absolute Gasteiger partial charge is 0.492 e. The molecule has 122 valence electrons. The van der Waals surface area contributed by atoms with E-state index in [1.165, 1.54) is 22.8 Å². The first-order valence-corrected chi connectivity index (χ1v) is 7.15. The highest BCUT2D eigenvalue weighted by atomic mass is 16.5. The van der Waals surface area contributed by atoms with Crippen molar-refractivity contribution >= 4 is 28.9 Å². The van der Waals surface area contributed by atoms with Crippen LogP contribution in [0, 0.1) is 0 Å². The van der Waals surface area contributed by atoms with Gasteiger partial charge in [-0.2, -0.15) is 9.61 Å². The van der Waals surface area contributed by atoms with Gasteiger partial charge in [0.15, 0.2) is 5.65 Å². The van der Waals surface area contributed by atoms with Crippen LogP contribution >= 0.6 is 0 Å². The van der Waals surface area contributed by atoms with Crippen LogP contribution < -0.4 is 20.7 Å². The first-order chi connectivity index (χ1) is 13.2. The number of anilines is 3. The van der Waals surface area contributed by atoms with Crippen LogP contribution in [0.4, 0.5) is 17.3 Å². The SMILES string of the molecule is [2H]C1([2H])NC(=O)c2cnn3c(NC)cc(nc23)Nc2cccc(c2)OC1([2H])[2H]. The molecule has 1 amide bonds. The average molecular weight is 328 g/mol. The summed E-state index contributed by atoms with van der Waals surface area (Å²) in [5, 5.41) is 12.2. The lowest BCUT2D eigenvalue weighted by atomic mass is 10.3. The van der Waals surface area contributed by atoms with Crippen LogP contribution in [0.5, 0.6) is 5.75 Å². The molecule has 3 heterocycles. The van der Waals surface area contributed by atoms with Crippen LogP contribution in [-0.4, -0.2) is 40.6 Å². The Morgan fingerprint density at radius 2 is 2.33 bits per heavy atom. The third kappa shape index (κ3) is 2.47. The lowest BCUT2D eigenvalue weighted by Crippen LogP contribution is -2.28. The first kappa shape index (κ1) is 10.5. The molecular formula is C16H16N6O2. The van der Waals surface area contributed by atoms with E-state index >= 15 is 0 Å². The van der Waals surface area contributed by atoms with Gasteiger partial charge in [-0.3, -0.25) is 4.79 Å². The van der Waals surface area contributed by atoms with Crippen molar-refractivity contribution in [3.05, 3.63) is 42.1 Å². The number of amides is 1. The molecule has 8 heteroatoms. The Labute approximate surface area is 143 Å². The number of fused-ring (bicyclic) bond motifs is 3. The number of ether oxygens (including phenoxy) is 1. The molecule has 0 fully saturated rings. The normalized spacial score (nSPS) is 20.6. The fourth-order valence-corrected chi connectivity index (χ4v) is 2.38. The summed E-state index contributed by atoms with van der Waals surface area (Å²) >= 11 is 0. The zero-order valence-electron chi connectivity index (χ0n) is 16.6. The number of rotatable bonds is 1. The van der Waals surface area contributed by atoms with Gasteiger partial charge in [-0.25, -0.2) is 4.98 Å². The van der Waals surface area contributed by atoms with Gasteiger partial charge >= 0.3 is 0 Å². The summed E-state index contributed by atoms with van der Waals surface area (Å²) in [5.74, 6) is 0.177. The van der Waals surface area contributed by atoms with Crippen molar-refractivity contribution in [1.82, 2.24) is 19.9 Å². The fourth-order valence-electron chi connectivity index (χ4n) is 2.38. The maximum absolute atomic E-state index is 12.7. The van der Waals surface area contributed by atoms with Crippen LogP contribution in [0.25, 0.3) is 5.65 Å². The molecule has 1 aromatic carbocycles. The van der Waals surface area contributed by atoms with Gasteiger partial charge in [0.2, 0.25) is 0 Å². The van der Waals surface area contributed by atoms with E-state index in [1.807, 2.05) is 5.32 Å². The molecule has 24 heavy (non-hydrogen) atoms. The Kier molecular flexibility index (Phi) is 2.50. The Morgan fingerprint density at radius 3 is 3.21 bits per heavy atom. The Balaban J connectivity index is 1.95. The van der Waals surface area contributed by atoms with E-state index in [2.05, 4.69) is 20.7 Å². The van der Waals surface area contributed by atoms with Crippen LogP contribution in [0.15, 0.2) is 36.5 Å². The zero-order valence-corrected chi connectivity index (χ0v) is 12.6. The third-order valence-corrected chi connectivity index (χ3v) is 3.47. The molecule has 8 nitrogen and oxygen atoms in total. The minimum atomic E-state index is -2.84. The van der Waals surface area contributed by atoms with Gasteiger partial charge in [-0.1, -0.05) is 6.07 Å². The summed E-state index contributed by atoms with van der Waals surface area (Å²) in [4.78, 5) is 17.1. The summed E-state index contributed by atoms with van der Waals surface area (Å²) in [6.45, 7) is -5.68. The molecule has 0 atom stereocenters. The predicted molar refractivity (Wildman–Crippen MR) is 90.1 cm³/mol. The Morgan fingerprint density at radius 1 is 1.42 bits per heavy atom. The molecule has 2 aromatic heterocycles. The Bertz CT molecular complexity index is 1080. The van der Waals surface area contributed by atoms with E-state index in [0.717, 1.165) is 0 Å². The number of nitrogens with one attached hydrogen (secondary N) is 3. The van der Waals surface area contributed by atoms with Crippen molar-refractivity contribution in [2.75, 3.05) is 30.7 Å². The molecule has 0 saturated heterocycles. The molecular weight excluding hydrogens is 308 g/mol. The van der Waals surface area contributed by atoms with E-state index in [1.54, 1.807) is 25.2 Å². The zero-order chi connectivity index (χ0) is 20.1. The molecule has 3 aromatic rings. The number of aromatic nitrogens is 3. The van der Waals surface area contributed by atoms with Gasteiger partial charge in [-0.15, -0.1) is 0 Å². The number of benzene rings is 1. The van der Waals surface area contributed by atoms with Gasteiger partial charge in [0.25, 0.3) is 5.91 Å². The van der Waals surface area contributed by atoms with Crippen LogP contribution in [-0.2, 0) is 0 Å². The molecule has 4 bridgehead atoms. The van der Waals surface area contributed by atoms with Gasteiger partial charge < -0.3 is 20.7 Å². The van der Waals surface area contributed by atoms with Gasteiger partial charge in [0, 0.05) is 24.9 Å². The average Bonchev–Trinajstić information content (AvgIpc) is 3.04. The topological polar surface area (TPSA) is 92.6 Å². The standard InChI is InChI=1S/C16H16N6O2/c1-17-14-8-13-20-10-3-2-4-11(7-10)24-6-5-18-16(23)12-9-19-22(14)15(12)21-13/h2-4,7-9,17H,5-6H2,1H3,(H,18,23)(H,20,21)/i5D2,6D2. The number of hydrogen-bond donors (Lipinski definition) is 3. The maximum atomic E-state index is 12.7. The number of carbonyl (C=O) groups excluding carboxylic acids is 1. The lowest BCUT2D eigenvalue weighted by molar-refractivity contribution is 0.0948. The number of nitrogens with zero attached hydrogens (tertiary/aromatic N) is 3. The fraction of sp³-hybridized carbons (Fsp3) is 0.188. The summed E-state index contributed by atoms with van der Waals surface area (Å²) in [6.07, 6.45) is 1.24. The molecule has 1 aliphatic heterocycles. The molecule has 0 spiro atoms. The smallest absolute Gasteiger partial charge is 0.256 e. The van der Waals surface area contributed by atoms with Crippen LogP contribution in [0.2, 0.25) is 0 Å². The van der Waals surface area contributed by atoms with Crippen molar-refractivity contribution in [1.29, 1.82) is 0 Å².